The Morgan fingerprint density at radius 2 is 1.62 bits per heavy atom. The summed E-state index contributed by atoms with van der Waals surface area (Å²) < 4.78 is 0. The summed E-state index contributed by atoms with van der Waals surface area (Å²) in [4.78, 5) is 15.0. The van der Waals surface area contributed by atoms with Crippen LogP contribution >= 0.6 is 0 Å². The monoisotopic (exact) mass is 350 g/mol. The van der Waals surface area contributed by atoms with Crippen LogP contribution in [0.2, 0.25) is 0 Å². The van der Waals surface area contributed by atoms with Crippen LogP contribution < -0.4 is 5.73 Å². The zero-order valence-electron chi connectivity index (χ0n) is 15.7. The highest BCUT2D eigenvalue weighted by atomic mass is 16.2. The molecule has 3 rings (SSSR count). The first-order valence-electron chi connectivity index (χ1n) is 9.75. The Hall–Kier alpha value is -2.13. The number of carbonyl (C=O) groups excluding carboxylic acids is 1. The maximum absolute atomic E-state index is 12.9. The Morgan fingerprint density at radius 1 is 1.04 bits per heavy atom. The Balaban J connectivity index is 1.67. The summed E-state index contributed by atoms with van der Waals surface area (Å²) in [7, 11) is 0. The minimum Gasteiger partial charge on any atom is -0.343 e. The highest BCUT2D eigenvalue weighted by molar-refractivity contribution is 5.77. The summed E-state index contributed by atoms with van der Waals surface area (Å²) in [5.41, 5.74) is 8.56. The van der Waals surface area contributed by atoms with E-state index in [1.54, 1.807) is 0 Å². The number of carbonyl (C=O) groups is 1. The van der Waals surface area contributed by atoms with Gasteiger partial charge in [-0.15, -0.1) is 0 Å². The van der Waals surface area contributed by atoms with Gasteiger partial charge in [0.1, 0.15) is 0 Å². The van der Waals surface area contributed by atoms with Gasteiger partial charge in [-0.1, -0.05) is 60.7 Å². The van der Waals surface area contributed by atoms with Crippen LogP contribution in [0.5, 0.6) is 0 Å². The summed E-state index contributed by atoms with van der Waals surface area (Å²) >= 11 is 0. The molecule has 0 saturated carbocycles. The van der Waals surface area contributed by atoms with Gasteiger partial charge in [0.05, 0.1) is 0 Å². The van der Waals surface area contributed by atoms with Crippen LogP contribution in [0, 0.1) is 5.92 Å². The lowest BCUT2D eigenvalue weighted by molar-refractivity contribution is -0.133. The molecule has 1 aliphatic heterocycles. The first kappa shape index (κ1) is 18.7. The number of nitrogens with two attached hydrogens (primary N) is 1. The van der Waals surface area contributed by atoms with Crippen LogP contribution in [-0.4, -0.2) is 29.9 Å². The maximum atomic E-state index is 12.9. The molecule has 2 unspecified atom stereocenters. The quantitative estimate of drug-likeness (QED) is 0.856. The Bertz CT molecular complexity index is 676. The number of likely N-dealkylation sites (tertiary alicyclic amines) is 1. The molecule has 26 heavy (non-hydrogen) atoms. The van der Waals surface area contributed by atoms with Crippen LogP contribution in [-0.2, 0) is 11.2 Å². The minimum absolute atomic E-state index is 0.220. The van der Waals surface area contributed by atoms with Crippen molar-refractivity contribution in [2.24, 2.45) is 11.7 Å². The van der Waals surface area contributed by atoms with Crippen LogP contribution in [0.25, 0.3) is 0 Å². The van der Waals surface area contributed by atoms with Crippen molar-refractivity contribution in [2.75, 3.05) is 13.1 Å². The third-order valence-corrected chi connectivity index (χ3v) is 5.65. The van der Waals surface area contributed by atoms with Crippen LogP contribution in [0.4, 0.5) is 0 Å². The lowest BCUT2D eigenvalue weighted by Crippen LogP contribution is -2.43. The summed E-state index contributed by atoms with van der Waals surface area (Å²) in [6, 6.07) is 21.1. The first-order valence-corrected chi connectivity index (χ1v) is 9.75. The van der Waals surface area contributed by atoms with Gasteiger partial charge in [-0.3, -0.25) is 4.79 Å². The molecule has 3 heteroatoms. The highest BCUT2D eigenvalue weighted by Gasteiger charge is 2.26. The molecule has 0 spiro atoms. The normalized spacial score (nSPS) is 17.7. The van der Waals surface area contributed by atoms with Gasteiger partial charge in [0, 0.05) is 25.6 Å². The zero-order chi connectivity index (χ0) is 18.4. The van der Waals surface area contributed by atoms with Gasteiger partial charge in [-0.05, 0) is 49.1 Å². The van der Waals surface area contributed by atoms with Crippen LogP contribution in [0.1, 0.15) is 43.2 Å². The number of rotatable bonds is 6. The van der Waals surface area contributed by atoms with E-state index in [1.165, 1.54) is 11.1 Å². The SMILES string of the molecule is CC(N)C1CCN(C(=O)CC(Cc2ccccc2)c2ccccc2)CC1. The Morgan fingerprint density at radius 3 is 2.19 bits per heavy atom. The molecule has 138 valence electrons. The molecule has 0 radical (unpaired) electrons. The molecule has 2 aromatic rings. The predicted molar refractivity (Wildman–Crippen MR) is 107 cm³/mol. The van der Waals surface area contributed by atoms with Crippen molar-refractivity contribution in [3.05, 3.63) is 71.8 Å². The van der Waals surface area contributed by atoms with E-state index < -0.39 is 0 Å². The van der Waals surface area contributed by atoms with Crippen molar-refractivity contribution < 1.29 is 4.79 Å². The Kier molecular flexibility index (Phi) is 6.45. The second-order valence-corrected chi connectivity index (χ2v) is 7.58. The second kappa shape index (κ2) is 9.00. The summed E-state index contributed by atoms with van der Waals surface area (Å²) in [6.07, 6.45) is 3.52. The maximum Gasteiger partial charge on any atom is 0.223 e. The number of piperidine rings is 1. The third kappa shape index (κ3) is 4.95. The molecule has 2 N–H and O–H groups in total. The largest absolute Gasteiger partial charge is 0.343 e. The zero-order valence-corrected chi connectivity index (χ0v) is 15.7. The third-order valence-electron chi connectivity index (χ3n) is 5.65. The molecule has 1 aliphatic rings. The summed E-state index contributed by atoms with van der Waals surface area (Å²) in [6.45, 7) is 3.77. The van der Waals surface area contributed by atoms with Crippen molar-refractivity contribution in [3.63, 3.8) is 0 Å². The van der Waals surface area contributed by atoms with Crippen molar-refractivity contribution >= 4 is 5.91 Å². The Labute approximate surface area is 157 Å². The van der Waals surface area contributed by atoms with Gasteiger partial charge < -0.3 is 10.6 Å². The van der Waals surface area contributed by atoms with Crippen molar-refractivity contribution in [1.82, 2.24) is 4.90 Å². The van der Waals surface area contributed by atoms with E-state index in [2.05, 4.69) is 55.5 Å². The van der Waals surface area contributed by atoms with Gasteiger partial charge >= 0.3 is 0 Å². The lowest BCUT2D eigenvalue weighted by Gasteiger charge is -2.34. The average molecular weight is 351 g/mol. The first-order chi connectivity index (χ1) is 12.6. The fourth-order valence-corrected chi connectivity index (χ4v) is 3.95. The van der Waals surface area contributed by atoms with Crippen molar-refractivity contribution in [1.29, 1.82) is 0 Å². The summed E-state index contributed by atoms with van der Waals surface area (Å²) in [5.74, 6) is 1.04. The number of hydrogen-bond acceptors (Lipinski definition) is 2. The van der Waals surface area contributed by atoms with E-state index in [0.717, 1.165) is 32.4 Å². The molecular weight excluding hydrogens is 320 g/mol. The van der Waals surface area contributed by atoms with E-state index in [9.17, 15) is 4.79 Å². The van der Waals surface area contributed by atoms with Gasteiger partial charge in [-0.2, -0.15) is 0 Å². The molecule has 3 nitrogen and oxygen atoms in total. The number of benzene rings is 2. The molecular formula is C23H30N2O. The van der Waals surface area contributed by atoms with Gasteiger partial charge in [0.2, 0.25) is 5.91 Å². The minimum atomic E-state index is 0.220. The van der Waals surface area contributed by atoms with Crippen molar-refractivity contribution in [3.8, 4) is 0 Å². The van der Waals surface area contributed by atoms with E-state index in [0.29, 0.717) is 12.3 Å². The fourth-order valence-electron chi connectivity index (χ4n) is 3.95. The molecule has 1 fully saturated rings. The molecule has 2 atom stereocenters. The molecule has 1 saturated heterocycles. The fraction of sp³-hybridized carbons (Fsp3) is 0.435. The van der Waals surface area contributed by atoms with Crippen LogP contribution in [0.15, 0.2) is 60.7 Å². The van der Waals surface area contributed by atoms with Gasteiger partial charge in [0.25, 0.3) is 0 Å². The van der Waals surface area contributed by atoms with E-state index in [-0.39, 0.29) is 17.9 Å². The van der Waals surface area contributed by atoms with E-state index in [1.807, 2.05) is 17.0 Å². The molecule has 0 aromatic heterocycles. The van der Waals surface area contributed by atoms with Gasteiger partial charge in [-0.25, -0.2) is 0 Å². The standard InChI is InChI=1S/C23H30N2O/c1-18(24)20-12-14-25(15-13-20)23(26)17-22(21-10-6-3-7-11-21)16-19-8-4-2-5-9-19/h2-11,18,20,22H,12-17,24H2,1H3. The molecule has 0 aliphatic carbocycles. The van der Waals surface area contributed by atoms with E-state index >= 15 is 0 Å². The highest BCUT2D eigenvalue weighted by Crippen LogP contribution is 2.27. The number of nitrogens with zero attached hydrogens (tertiary/aromatic N) is 1. The van der Waals surface area contributed by atoms with Crippen molar-refractivity contribution in [2.45, 2.75) is 44.6 Å². The topological polar surface area (TPSA) is 46.3 Å². The lowest BCUT2D eigenvalue weighted by atomic mass is 9.87. The molecule has 0 bridgehead atoms. The smallest absolute Gasteiger partial charge is 0.223 e. The summed E-state index contributed by atoms with van der Waals surface area (Å²) in [5, 5.41) is 0. The molecule has 1 heterocycles. The van der Waals surface area contributed by atoms with Crippen LogP contribution in [0.3, 0.4) is 0 Å². The average Bonchev–Trinajstić information content (AvgIpc) is 2.69. The number of hydrogen-bond donors (Lipinski definition) is 1. The predicted octanol–water partition coefficient (Wildman–Crippen LogP) is 3.99. The molecule has 2 aromatic carbocycles. The second-order valence-electron chi connectivity index (χ2n) is 7.58. The van der Waals surface area contributed by atoms with Gasteiger partial charge in [0.15, 0.2) is 0 Å². The van der Waals surface area contributed by atoms with E-state index in [4.69, 9.17) is 5.73 Å². The number of amides is 1. The molecule has 1 amide bonds.